The van der Waals surface area contributed by atoms with Crippen molar-refractivity contribution in [1.82, 2.24) is 0 Å². The molecule has 0 unspecified atom stereocenters. The van der Waals surface area contributed by atoms with Crippen molar-refractivity contribution >= 4 is 0 Å². The third-order valence-corrected chi connectivity index (χ3v) is 2.47. The lowest BCUT2D eigenvalue weighted by atomic mass is 10.1. The van der Waals surface area contributed by atoms with Crippen molar-refractivity contribution in [2.24, 2.45) is 0 Å². The van der Waals surface area contributed by atoms with Crippen LogP contribution in [0.3, 0.4) is 0 Å². The van der Waals surface area contributed by atoms with Crippen molar-refractivity contribution in [2.75, 3.05) is 0 Å². The molecule has 2 aromatic rings. The summed E-state index contributed by atoms with van der Waals surface area (Å²) < 4.78 is 5.62. The highest BCUT2D eigenvalue weighted by Crippen LogP contribution is 2.25. The fraction of sp³-hybridized carbons (Fsp3) is 0.0667. The Balaban J connectivity index is 2.29. The number of hydrogen-bond donors (Lipinski definition) is 0. The molecule has 0 fully saturated rings. The van der Waals surface area contributed by atoms with Crippen LogP contribution in [0.15, 0.2) is 42.5 Å². The Hall–Kier alpha value is -2.78. The molecule has 3 nitrogen and oxygen atoms in total. The predicted molar refractivity (Wildman–Crippen MR) is 67.1 cm³/mol. The fourth-order valence-electron chi connectivity index (χ4n) is 1.54. The van der Waals surface area contributed by atoms with Gasteiger partial charge in [0.15, 0.2) is 0 Å². The van der Waals surface area contributed by atoms with Gasteiger partial charge in [-0.2, -0.15) is 10.5 Å². The van der Waals surface area contributed by atoms with Crippen LogP contribution in [0.2, 0.25) is 0 Å². The molecular weight excluding hydrogens is 224 g/mol. The first-order chi connectivity index (χ1) is 8.72. The van der Waals surface area contributed by atoms with E-state index in [1.165, 1.54) is 0 Å². The quantitative estimate of drug-likeness (QED) is 0.798. The second-order valence-electron chi connectivity index (χ2n) is 3.85. The minimum absolute atomic E-state index is 0.499. The van der Waals surface area contributed by atoms with E-state index >= 15 is 0 Å². The van der Waals surface area contributed by atoms with Crippen molar-refractivity contribution in [3.05, 3.63) is 59.2 Å². The lowest BCUT2D eigenvalue weighted by Gasteiger charge is -2.07. The van der Waals surface area contributed by atoms with Gasteiger partial charge in [0.2, 0.25) is 0 Å². The Labute approximate surface area is 105 Å². The zero-order valence-corrected chi connectivity index (χ0v) is 9.84. The Bertz CT molecular complexity index is 646. The molecule has 0 saturated heterocycles. The molecule has 18 heavy (non-hydrogen) atoms. The topological polar surface area (TPSA) is 56.8 Å². The van der Waals surface area contributed by atoms with E-state index in [-0.39, 0.29) is 0 Å². The van der Waals surface area contributed by atoms with Gasteiger partial charge in [-0.05, 0) is 48.9 Å². The summed E-state index contributed by atoms with van der Waals surface area (Å²) in [6.07, 6.45) is 0. The molecular formula is C15H10N2O. The zero-order valence-electron chi connectivity index (χ0n) is 9.84. The number of aryl methyl sites for hydroxylation is 1. The van der Waals surface area contributed by atoms with Gasteiger partial charge in [0.1, 0.15) is 17.6 Å². The lowest BCUT2D eigenvalue weighted by Crippen LogP contribution is -1.89. The normalized spacial score (nSPS) is 9.28. The second-order valence-corrected chi connectivity index (χ2v) is 3.85. The lowest BCUT2D eigenvalue weighted by molar-refractivity contribution is 0.481. The van der Waals surface area contributed by atoms with Crippen molar-refractivity contribution < 1.29 is 4.74 Å². The number of nitriles is 2. The van der Waals surface area contributed by atoms with Crippen molar-refractivity contribution in [3.8, 4) is 23.6 Å². The molecule has 0 bridgehead atoms. The highest BCUT2D eigenvalue weighted by molar-refractivity contribution is 5.47. The maximum atomic E-state index is 9.03. The minimum Gasteiger partial charge on any atom is -0.456 e. The molecule has 0 heterocycles. The van der Waals surface area contributed by atoms with E-state index in [2.05, 4.69) is 6.07 Å². The average molecular weight is 234 g/mol. The molecule has 3 heteroatoms. The van der Waals surface area contributed by atoms with Crippen LogP contribution in [0, 0.1) is 29.6 Å². The molecule has 0 aliphatic rings. The molecule has 0 saturated carbocycles. The van der Waals surface area contributed by atoms with E-state index in [4.69, 9.17) is 15.3 Å². The van der Waals surface area contributed by atoms with Gasteiger partial charge in [-0.15, -0.1) is 0 Å². The summed E-state index contributed by atoms with van der Waals surface area (Å²) in [6.45, 7) is 1.92. The molecule has 0 atom stereocenters. The monoisotopic (exact) mass is 234 g/mol. The summed E-state index contributed by atoms with van der Waals surface area (Å²) in [7, 11) is 0. The van der Waals surface area contributed by atoms with Gasteiger partial charge in [0, 0.05) is 0 Å². The van der Waals surface area contributed by atoms with Crippen LogP contribution in [-0.4, -0.2) is 0 Å². The maximum absolute atomic E-state index is 9.03. The fourth-order valence-corrected chi connectivity index (χ4v) is 1.54. The summed E-state index contributed by atoms with van der Waals surface area (Å²) in [5.74, 6) is 1.13. The van der Waals surface area contributed by atoms with Crippen molar-refractivity contribution in [3.63, 3.8) is 0 Å². The smallest absolute Gasteiger partial charge is 0.145 e. The Morgan fingerprint density at radius 2 is 1.67 bits per heavy atom. The molecule has 0 aliphatic heterocycles. The zero-order chi connectivity index (χ0) is 13.0. The Morgan fingerprint density at radius 1 is 0.944 bits per heavy atom. The number of nitrogens with zero attached hydrogens (tertiary/aromatic N) is 2. The molecule has 86 valence electrons. The van der Waals surface area contributed by atoms with Crippen molar-refractivity contribution in [2.45, 2.75) is 6.92 Å². The van der Waals surface area contributed by atoms with Gasteiger partial charge in [-0.25, -0.2) is 0 Å². The van der Waals surface area contributed by atoms with Gasteiger partial charge in [-0.1, -0.05) is 6.07 Å². The summed E-state index contributed by atoms with van der Waals surface area (Å²) in [5.41, 5.74) is 2.09. The van der Waals surface area contributed by atoms with Gasteiger partial charge < -0.3 is 4.74 Å². The highest BCUT2D eigenvalue weighted by atomic mass is 16.5. The Morgan fingerprint density at radius 3 is 2.28 bits per heavy atom. The predicted octanol–water partition coefficient (Wildman–Crippen LogP) is 3.53. The molecule has 0 N–H and O–H groups in total. The van der Waals surface area contributed by atoms with E-state index < -0.39 is 0 Å². The first kappa shape index (κ1) is 11.7. The first-order valence-electron chi connectivity index (χ1n) is 5.41. The van der Waals surface area contributed by atoms with Gasteiger partial charge in [0.25, 0.3) is 0 Å². The molecule has 0 amide bonds. The van der Waals surface area contributed by atoms with Crippen LogP contribution in [0.25, 0.3) is 0 Å². The van der Waals surface area contributed by atoms with E-state index in [0.29, 0.717) is 22.6 Å². The molecule has 0 aromatic heterocycles. The van der Waals surface area contributed by atoms with Crippen LogP contribution in [0.4, 0.5) is 0 Å². The van der Waals surface area contributed by atoms with Crippen LogP contribution in [-0.2, 0) is 0 Å². The summed E-state index contributed by atoms with van der Waals surface area (Å²) in [6, 6.07) is 16.3. The van der Waals surface area contributed by atoms with E-state index in [1.54, 1.807) is 36.4 Å². The van der Waals surface area contributed by atoms with Gasteiger partial charge >= 0.3 is 0 Å². The first-order valence-corrected chi connectivity index (χ1v) is 5.41. The largest absolute Gasteiger partial charge is 0.456 e. The number of rotatable bonds is 2. The standard InChI is InChI=1S/C15H10N2O/c1-11-2-7-15(13(8-11)10-17)18-14-5-3-12(9-16)4-6-14/h2-8H,1H3. The van der Waals surface area contributed by atoms with E-state index in [0.717, 1.165) is 5.56 Å². The molecule has 0 spiro atoms. The number of hydrogen-bond acceptors (Lipinski definition) is 3. The SMILES string of the molecule is Cc1ccc(Oc2ccc(C#N)cc2)c(C#N)c1. The van der Waals surface area contributed by atoms with Crippen LogP contribution in [0.5, 0.6) is 11.5 Å². The summed E-state index contributed by atoms with van der Waals surface area (Å²) >= 11 is 0. The van der Waals surface area contributed by atoms with Crippen molar-refractivity contribution in [1.29, 1.82) is 10.5 Å². The maximum Gasteiger partial charge on any atom is 0.145 e. The van der Waals surface area contributed by atoms with Crippen LogP contribution >= 0.6 is 0 Å². The van der Waals surface area contributed by atoms with Crippen LogP contribution < -0.4 is 4.74 Å². The molecule has 0 radical (unpaired) electrons. The van der Waals surface area contributed by atoms with E-state index in [9.17, 15) is 0 Å². The Kier molecular flexibility index (Phi) is 3.27. The minimum atomic E-state index is 0.499. The van der Waals surface area contributed by atoms with E-state index in [1.807, 2.05) is 19.1 Å². The third-order valence-electron chi connectivity index (χ3n) is 2.47. The summed E-state index contributed by atoms with van der Waals surface area (Å²) in [5, 5.41) is 17.7. The number of ether oxygens (including phenoxy) is 1. The molecule has 2 aromatic carbocycles. The van der Waals surface area contributed by atoms with Gasteiger partial charge in [-0.3, -0.25) is 0 Å². The highest BCUT2D eigenvalue weighted by Gasteiger charge is 2.04. The van der Waals surface area contributed by atoms with Crippen LogP contribution in [0.1, 0.15) is 16.7 Å². The third kappa shape index (κ3) is 2.48. The molecule has 0 aliphatic carbocycles. The average Bonchev–Trinajstić information content (AvgIpc) is 2.41. The summed E-state index contributed by atoms with van der Waals surface area (Å²) in [4.78, 5) is 0. The molecule has 2 rings (SSSR count). The van der Waals surface area contributed by atoms with Gasteiger partial charge in [0.05, 0.1) is 17.2 Å². The second kappa shape index (κ2) is 5.03. The number of benzene rings is 2.